The molecule has 0 saturated carbocycles. The molecular weight excluding hydrogens is 376 g/mol. The number of fused-ring (bicyclic) bond motifs is 2. The Morgan fingerprint density at radius 2 is 1.60 bits per heavy atom. The Labute approximate surface area is 178 Å². The highest BCUT2D eigenvalue weighted by molar-refractivity contribution is 5.93. The molecule has 2 saturated heterocycles. The molecule has 2 aromatic rings. The first-order valence-corrected chi connectivity index (χ1v) is 10.9. The third-order valence-corrected chi connectivity index (χ3v) is 6.60. The normalized spacial score (nSPS) is 25.0. The van der Waals surface area contributed by atoms with Crippen LogP contribution in [0.25, 0.3) is 0 Å². The van der Waals surface area contributed by atoms with Gasteiger partial charge in [-0.3, -0.25) is 4.79 Å². The predicted molar refractivity (Wildman–Crippen MR) is 117 cm³/mol. The van der Waals surface area contributed by atoms with Gasteiger partial charge in [0.25, 0.3) is 5.91 Å². The molecule has 0 spiro atoms. The molecule has 2 N–H and O–H groups in total. The van der Waals surface area contributed by atoms with E-state index in [1.165, 1.54) is 10.5 Å². The van der Waals surface area contributed by atoms with Gasteiger partial charge >= 0.3 is 5.97 Å². The van der Waals surface area contributed by atoms with Crippen molar-refractivity contribution in [1.29, 1.82) is 0 Å². The number of anilines is 1. The number of rotatable bonds is 5. The number of carbonyl (C=O) groups is 2. The van der Waals surface area contributed by atoms with Crippen LogP contribution in [0.1, 0.15) is 52.7 Å². The largest absolute Gasteiger partial charge is 0.458 e. The summed E-state index contributed by atoms with van der Waals surface area (Å²) in [6, 6.07) is 14.1. The zero-order valence-electron chi connectivity index (χ0n) is 18.0. The van der Waals surface area contributed by atoms with Gasteiger partial charge in [0.1, 0.15) is 6.10 Å². The van der Waals surface area contributed by atoms with Gasteiger partial charge in [-0.25, -0.2) is 4.79 Å². The molecule has 30 heavy (non-hydrogen) atoms. The van der Waals surface area contributed by atoms with E-state index < -0.39 is 0 Å². The molecule has 2 heterocycles. The Morgan fingerprint density at radius 1 is 1.00 bits per heavy atom. The maximum Gasteiger partial charge on any atom is 0.338 e. The molecule has 2 aliphatic rings. The number of hydrogen-bond acceptors (Lipinski definition) is 3. The number of esters is 1. The summed E-state index contributed by atoms with van der Waals surface area (Å²) in [6.07, 6.45) is 3.80. The maximum absolute atomic E-state index is 12.8. The van der Waals surface area contributed by atoms with E-state index >= 15 is 0 Å². The minimum Gasteiger partial charge on any atom is -0.458 e. The van der Waals surface area contributed by atoms with Crippen LogP contribution in [-0.4, -0.2) is 36.6 Å². The molecule has 2 unspecified atom stereocenters. The number of carbonyl (C=O) groups excluding carboxylic acids is 2. The summed E-state index contributed by atoms with van der Waals surface area (Å²) >= 11 is 0. The fraction of sp³-hybridized carbons (Fsp3) is 0.440. The Hall–Kier alpha value is -2.66. The lowest BCUT2D eigenvalue weighted by Gasteiger charge is -2.35. The Bertz CT molecular complexity index is 904. The van der Waals surface area contributed by atoms with Gasteiger partial charge in [-0.05, 0) is 44.0 Å². The zero-order valence-corrected chi connectivity index (χ0v) is 18.0. The van der Waals surface area contributed by atoms with Crippen molar-refractivity contribution < 1.29 is 19.2 Å². The van der Waals surface area contributed by atoms with Crippen LogP contribution in [0.4, 0.5) is 5.69 Å². The smallest absolute Gasteiger partial charge is 0.338 e. The number of amides is 1. The van der Waals surface area contributed by atoms with E-state index in [0.29, 0.717) is 24.2 Å². The minimum atomic E-state index is -0.244. The second-order valence-corrected chi connectivity index (χ2v) is 8.91. The summed E-state index contributed by atoms with van der Waals surface area (Å²) < 4.78 is 5.80. The van der Waals surface area contributed by atoms with Crippen LogP contribution in [0.5, 0.6) is 0 Å². The highest BCUT2D eigenvalue weighted by atomic mass is 16.5. The van der Waals surface area contributed by atoms with Crippen LogP contribution in [0.2, 0.25) is 0 Å². The molecule has 2 bridgehead atoms. The van der Waals surface area contributed by atoms with Crippen LogP contribution in [0.15, 0.2) is 42.5 Å². The number of quaternary nitrogens is 1. The molecule has 5 heteroatoms. The van der Waals surface area contributed by atoms with Crippen molar-refractivity contribution in [1.82, 2.24) is 0 Å². The van der Waals surface area contributed by atoms with Crippen molar-refractivity contribution in [2.75, 3.05) is 11.9 Å². The number of hydrogen-bond donors (Lipinski definition) is 2. The van der Waals surface area contributed by atoms with Gasteiger partial charge in [-0.2, -0.15) is 0 Å². The van der Waals surface area contributed by atoms with Crippen molar-refractivity contribution in [3.8, 4) is 0 Å². The highest BCUT2D eigenvalue weighted by Gasteiger charge is 2.46. The zero-order chi connectivity index (χ0) is 21.3. The lowest BCUT2D eigenvalue weighted by Crippen LogP contribution is -3.19. The maximum atomic E-state index is 12.8. The number of ether oxygens (including phenoxy) is 1. The molecule has 5 nitrogen and oxygen atoms in total. The van der Waals surface area contributed by atoms with E-state index in [1.54, 1.807) is 12.1 Å². The lowest BCUT2D eigenvalue weighted by molar-refractivity contribution is -0.934. The second kappa shape index (κ2) is 8.60. The summed E-state index contributed by atoms with van der Waals surface area (Å²) in [7, 11) is 0. The van der Waals surface area contributed by atoms with E-state index in [9.17, 15) is 9.59 Å². The molecule has 2 aromatic carbocycles. The molecule has 158 valence electrons. The van der Waals surface area contributed by atoms with Gasteiger partial charge < -0.3 is 15.0 Å². The summed E-state index contributed by atoms with van der Waals surface area (Å²) in [6.45, 7) is 6.63. The van der Waals surface area contributed by atoms with E-state index in [1.807, 2.05) is 32.0 Å². The fourth-order valence-electron chi connectivity index (χ4n) is 5.30. The van der Waals surface area contributed by atoms with Crippen molar-refractivity contribution in [2.45, 2.75) is 64.6 Å². The SMILES string of the molecule is Cc1cc(C)c(NC(=O)C[NH+]2C3CCC2CC(OC(=O)c2ccccc2)C3)c(C)c1. The molecule has 2 atom stereocenters. The molecule has 2 fully saturated rings. The fourth-order valence-corrected chi connectivity index (χ4v) is 5.30. The number of nitrogens with one attached hydrogen (secondary N) is 2. The number of piperidine rings is 1. The first-order valence-electron chi connectivity index (χ1n) is 10.9. The van der Waals surface area contributed by atoms with Crippen molar-refractivity contribution in [2.24, 2.45) is 0 Å². The lowest BCUT2D eigenvalue weighted by atomic mass is 9.99. The summed E-state index contributed by atoms with van der Waals surface area (Å²) in [5, 5.41) is 3.14. The van der Waals surface area contributed by atoms with Gasteiger partial charge in [0.05, 0.1) is 17.6 Å². The van der Waals surface area contributed by atoms with Crippen LogP contribution < -0.4 is 10.2 Å². The van der Waals surface area contributed by atoms with Crippen LogP contribution in [0.3, 0.4) is 0 Å². The predicted octanol–water partition coefficient (Wildman–Crippen LogP) is 2.99. The highest BCUT2D eigenvalue weighted by Crippen LogP contribution is 2.26. The molecule has 1 amide bonds. The first-order chi connectivity index (χ1) is 14.4. The average Bonchev–Trinajstić information content (AvgIpc) is 2.93. The molecular formula is C25H31N2O3+. The Morgan fingerprint density at radius 3 is 2.20 bits per heavy atom. The second-order valence-electron chi connectivity index (χ2n) is 8.91. The summed E-state index contributed by atoms with van der Waals surface area (Å²) in [4.78, 5) is 26.6. The molecule has 4 rings (SSSR count). The first kappa shape index (κ1) is 20.6. The Kier molecular flexibility index (Phi) is 5.91. The number of aryl methyl sites for hydroxylation is 3. The minimum absolute atomic E-state index is 0.0522. The molecule has 0 radical (unpaired) electrons. The van der Waals surface area contributed by atoms with Gasteiger partial charge in [0, 0.05) is 31.4 Å². The van der Waals surface area contributed by atoms with Crippen molar-refractivity contribution in [3.05, 3.63) is 64.7 Å². The quantitative estimate of drug-likeness (QED) is 0.749. The van der Waals surface area contributed by atoms with E-state index in [-0.39, 0.29) is 18.0 Å². The van der Waals surface area contributed by atoms with Crippen molar-refractivity contribution in [3.63, 3.8) is 0 Å². The van der Waals surface area contributed by atoms with Crippen LogP contribution >= 0.6 is 0 Å². The van der Waals surface area contributed by atoms with E-state index in [2.05, 4.69) is 24.4 Å². The number of benzene rings is 2. The van der Waals surface area contributed by atoms with Gasteiger partial charge in [0.15, 0.2) is 6.54 Å². The Balaban J connectivity index is 1.35. The van der Waals surface area contributed by atoms with Gasteiger partial charge in [-0.1, -0.05) is 35.9 Å². The molecule has 2 aliphatic heterocycles. The molecule has 0 aromatic heterocycles. The third-order valence-electron chi connectivity index (χ3n) is 6.60. The topological polar surface area (TPSA) is 59.8 Å². The van der Waals surface area contributed by atoms with Gasteiger partial charge in [0.2, 0.25) is 0 Å². The van der Waals surface area contributed by atoms with Crippen molar-refractivity contribution >= 4 is 17.6 Å². The molecule has 0 aliphatic carbocycles. The summed E-state index contributed by atoms with van der Waals surface area (Å²) in [5.41, 5.74) is 4.95. The average molecular weight is 408 g/mol. The third kappa shape index (κ3) is 4.41. The van der Waals surface area contributed by atoms with Crippen LogP contribution in [-0.2, 0) is 9.53 Å². The summed E-state index contributed by atoms with van der Waals surface area (Å²) in [5.74, 6) is -0.178. The standard InChI is InChI=1S/C25H30N2O3/c1-16-11-17(2)24(18(3)12-16)26-23(28)15-27-20-9-10-21(27)14-22(13-20)30-25(29)19-7-5-4-6-8-19/h4-8,11-12,20-22H,9-10,13-15H2,1-3H3,(H,26,28)/p+1. The van der Waals surface area contributed by atoms with E-state index in [0.717, 1.165) is 42.5 Å². The van der Waals surface area contributed by atoms with Gasteiger partial charge in [-0.15, -0.1) is 0 Å². The van der Waals surface area contributed by atoms with E-state index in [4.69, 9.17) is 4.74 Å². The monoisotopic (exact) mass is 407 g/mol. The van der Waals surface area contributed by atoms with Crippen LogP contribution in [0, 0.1) is 20.8 Å².